The van der Waals surface area contributed by atoms with Crippen molar-refractivity contribution in [3.05, 3.63) is 91.9 Å². The third kappa shape index (κ3) is 6.36. The van der Waals surface area contributed by atoms with Crippen molar-refractivity contribution in [3.63, 3.8) is 0 Å². The number of benzene rings is 3. The third-order valence-electron chi connectivity index (χ3n) is 5.35. The number of rotatable bonds is 8. The van der Waals surface area contributed by atoms with Crippen LogP contribution in [0.25, 0.3) is 10.9 Å². The highest BCUT2D eigenvalue weighted by Gasteiger charge is 2.14. The van der Waals surface area contributed by atoms with Gasteiger partial charge in [-0.05, 0) is 66.2 Å². The first-order chi connectivity index (χ1) is 17.7. The summed E-state index contributed by atoms with van der Waals surface area (Å²) in [4.78, 5) is 30.1. The van der Waals surface area contributed by atoms with Gasteiger partial charge in [-0.15, -0.1) is 0 Å². The molecule has 1 N–H and O–H groups in total. The molecule has 0 aliphatic heterocycles. The predicted molar refractivity (Wildman–Crippen MR) is 149 cm³/mol. The Morgan fingerprint density at radius 1 is 1.14 bits per heavy atom. The fourth-order valence-corrected chi connectivity index (χ4v) is 4.02. The zero-order chi connectivity index (χ0) is 26.5. The summed E-state index contributed by atoms with van der Waals surface area (Å²) >= 11 is 9.28. The minimum atomic E-state index is -0.328. The molecule has 1 aromatic heterocycles. The van der Waals surface area contributed by atoms with Gasteiger partial charge in [-0.2, -0.15) is 9.78 Å². The Balaban J connectivity index is 1.54. The molecule has 37 heavy (non-hydrogen) atoms. The van der Waals surface area contributed by atoms with Gasteiger partial charge in [-0.25, -0.2) is 4.98 Å². The standard InChI is InChI=1S/C27H24BrClN4O4/c1-16(2)26-32-22-10-5-18(28)13-21(22)27(35)33(26)30-14-17-4-11-23(24(12-17)36-3)37-15-25(34)31-20-8-6-19(29)7-9-20/h4-14,16H,15H2,1-3H3,(H,31,34). The van der Waals surface area contributed by atoms with Crippen LogP contribution in [0.4, 0.5) is 5.69 Å². The van der Waals surface area contributed by atoms with E-state index in [0.717, 1.165) is 4.47 Å². The highest BCUT2D eigenvalue weighted by atomic mass is 79.9. The minimum Gasteiger partial charge on any atom is -0.493 e. The summed E-state index contributed by atoms with van der Waals surface area (Å²) in [6.45, 7) is 3.70. The van der Waals surface area contributed by atoms with Gasteiger partial charge in [-0.3, -0.25) is 9.59 Å². The second-order valence-electron chi connectivity index (χ2n) is 8.40. The lowest BCUT2D eigenvalue weighted by atomic mass is 10.2. The van der Waals surface area contributed by atoms with Crippen molar-refractivity contribution in [2.75, 3.05) is 19.0 Å². The fourth-order valence-electron chi connectivity index (χ4n) is 3.53. The van der Waals surface area contributed by atoms with Crippen molar-refractivity contribution < 1.29 is 14.3 Å². The number of carbonyl (C=O) groups excluding carboxylic acids is 1. The molecule has 0 unspecified atom stereocenters. The molecule has 0 aliphatic carbocycles. The summed E-state index contributed by atoms with van der Waals surface area (Å²) in [5.41, 5.74) is 1.64. The van der Waals surface area contributed by atoms with E-state index >= 15 is 0 Å². The zero-order valence-electron chi connectivity index (χ0n) is 20.4. The maximum absolute atomic E-state index is 13.2. The van der Waals surface area contributed by atoms with Crippen molar-refractivity contribution in [2.45, 2.75) is 19.8 Å². The Labute approximate surface area is 227 Å². The van der Waals surface area contributed by atoms with Gasteiger partial charge in [0.05, 0.1) is 24.2 Å². The van der Waals surface area contributed by atoms with Crippen molar-refractivity contribution in [2.24, 2.45) is 5.10 Å². The molecule has 0 atom stereocenters. The Hall–Kier alpha value is -3.69. The molecular weight excluding hydrogens is 560 g/mol. The van der Waals surface area contributed by atoms with Gasteiger partial charge >= 0.3 is 0 Å². The van der Waals surface area contributed by atoms with E-state index in [4.69, 9.17) is 21.1 Å². The number of anilines is 1. The van der Waals surface area contributed by atoms with Crippen LogP contribution >= 0.6 is 27.5 Å². The van der Waals surface area contributed by atoms with Crippen LogP contribution in [0.15, 0.2) is 75.0 Å². The quantitative estimate of drug-likeness (QED) is 0.263. The number of hydrogen-bond acceptors (Lipinski definition) is 6. The largest absolute Gasteiger partial charge is 0.493 e. The van der Waals surface area contributed by atoms with E-state index < -0.39 is 0 Å². The number of amides is 1. The van der Waals surface area contributed by atoms with Gasteiger partial charge in [-0.1, -0.05) is 41.4 Å². The van der Waals surface area contributed by atoms with Crippen molar-refractivity contribution in [1.82, 2.24) is 9.66 Å². The maximum atomic E-state index is 13.2. The molecule has 0 saturated carbocycles. The summed E-state index contributed by atoms with van der Waals surface area (Å²) in [5, 5.41) is 8.23. The van der Waals surface area contributed by atoms with Crippen LogP contribution in [0.1, 0.15) is 31.2 Å². The van der Waals surface area contributed by atoms with E-state index in [1.165, 1.54) is 11.8 Å². The van der Waals surface area contributed by atoms with E-state index in [1.807, 2.05) is 19.9 Å². The Bertz CT molecular complexity index is 1530. The molecule has 0 radical (unpaired) electrons. The minimum absolute atomic E-state index is 0.0257. The van der Waals surface area contributed by atoms with Gasteiger partial charge in [0.2, 0.25) is 0 Å². The SMILES string of the molecule is COc1cc(C=Nn2c(C(C)C)nc3ccc(Br)cc3c2=O)ccc1OCC(=O)Nc1ccc(Cl)cc1. The fraction of sp³-hybridized carbons (Fsp3) is 0.185. The molecule has 0 saturated heterocycles. The van der Waals surface area contributed by atoms with Gasteiger partial charge in [0.1, 0.15) is 5.82 Å². The molecule has 0 fully saturated rings. The summed E-state index contributed by atoms with van der Waals surface area (Å²) < 4.78 is 13.2. The van der Waals surface area contributed by atoms with E-state index in [1.54, 1.807) is 60.8 Å². The summed E-state index contributed by atoms with van der Waals surface area (Å²) in [6, 6.07) is 17.3. The van der Waals surface area contributed by atoms with Crippen LogP contribution < -0.4 is 20.3 Å². The number of carbonyl (C=O) groups is 1. The van der Waals surface area contributed by atoms with Crippen LogP contribution in [0.5, 0.6) is 11.5 Å². The van der Waals surface area contributed by atoms with Gasteiger partial charge in [0.15, 0.2) is 18.1 Å². The van der Waals surface area contributed by atoms with Crippen molar-refractivity contribution >= 4 is 56.2 Å². The van der Waals surface area contributed by atoms with Crippen molar-refractivity contribution in [3.8, 4) is 11.5 Å². The molecule has 8 nitrogen and oxygen atoms in total. The van der Waals surface area contributed by atoms with E-state index in [-0.39, 0.29) is 24.0 Å². The topological polar surface area (TPSA) is 94.8 Å². The summed E-state index contributed by atoms with van der Waals surface area (Å²) in [5.74, 6) is 1.01. The van der Waals surface area contributed by atoms with Crippen LogP contribution in [0.2, 0.25) is 5.02 Å². The molecule has 0 spiro atoms. The molecule has 4 aromatic rings. The number of methoxy groups -OCH3 is 1. The second-order valence-corrected chi connectivity index (χ2v) is 9.75. The van der Waals surface area contributed by atoms with Gasteiger partial charge < -0.3 is 14.8 Å². The zero-order valence-corrected chi connectivity index (χ0v) is 22.7. The molecule has 3 aromatic carbocycles. The van der Waals surface area contributed by atoms with Crippen LogP contribution in [-0.2, 0) is 4.79 Å². The molecule has 10 heteroatoms. The molecule has 190 valence electrons. The first-order valence-electron chi connectivity index (χ1n) is 11.4. The summed E-state index contributed by atoms with van der Waals surface area (Å²) in [7, 11) is 1.50. The normalized spacial score (nSPS) is 11.3. The smallest absolute Gasteiger partial charge is 0.282 e. The van der Waals surface area contributed by atoms with E-state index in [2.05, 4.69) is 31.3 Å². The number of halogens is 2. The lowest BCUT2D eigenvalue weighted by molar-refractivity contribution is -0.118. The van der Waals surface area contributed by atoms with E-state index in [9.17, 15) is 9.59 Å². The van der Waals surface area contributed by atoms with Crippen LogP contribution in [0.3, 0.4) is 0 Å². The number of nitrogens with zero attached hydrogens (tertiary/aromatic N) is 3. The maximum Gasteiger partial charge on any atom is 0.282 e. The average Bonchev–Trinajstić information content (AvgIpc) is 2.88. The van der Waals surface area contributed by atoms with Gasteiger partial charge in [0, 0.05) is 21.1 Å². The average molecular weight is 584 g/mol. The monoisotopic (exact) mass is 582 g/mol. The van der Waals surface area contributed by atoms with Gasteiger partial charge in [0.25, 0.3) is 11.5 Å². The Morgan fingerprint density at radius 2 is 1.89 bits per heavy atom. The highest BCUT2D eigenvalue weighted by Crippen LogP contribution is 2.28. The molecular formula is C27H24BrClN4O4. The number of hydrogen-bond donors (Lipinski definition) is 1. The van der Waals surface area contributed by atoms with Crippen molar-refractivity contribution in [1.29, 1.82) is 0 Å². The number of aromatic nitrogens is 2. The van der Waals surface area contributed by atoms with Crippen LogP contribution in [-0.4, -0.2) is 35.5 Å². The predicted octanol–water partition coefficient (Wildman–Crippen LogP) is 5.84. The third-order valence-corrected chi connectivity index (χ3v) is 6.09. The Kier molecular flexibility index (Phi) is 8.25. The Morgan fingerprint density at radius 3 is 2.59 bits per heavy atom. The number of ether oxygens (including phenoxy) is 2. The highest BCUT2D eigenvalue weighted by molar-refractivity contribution is 9.10. The first kappa shape index (κ1) is 26.4. The number of fused-ring (bicyclic) bond motifs is 1. The summed E-state index contributed by atoms with van der Waals surface area (Å²) in [6.07, 6.45) is 1.55. The second kappa shape index (κ2) is 11.6. The lowest BCUT2D eigenvalue weighted by Crippen LogP contribution is -2.23. The molecule has 1 amide bonds. The number of nitrogens with one attached hydrogen (secondary N) is 1. The molecule has 4 rings (SSSR count). The lowest BCUT2D eigenvalue weighted by Gasteiger charge is -2.13. The van der Waals surface area contributed by atoms with E-state index in [0.29, 0.717) is 44.5 Å². The molecule has 1 heterocycles. The molecule has 0 aliphatic rings. The first-order valence-corrected chi connectivity index (χ1v) is 12.5. The van der Waals surface area contributed by atoms with Crippen LogP contribution in [0, 0.1) is 0 Å². The molecule has 0 bridgehead atoms.